The highest BCUT2D eigenvalue weighted by atomic mass is 32.2. The number of hydrogen-bond acceptors (Lipinski definition) is 6. The molecule has 33 heavy (non-hydrogen) atoms. The molecule has 0 N–H and O–H groups in total. The third kappa shape index (κ3) is 5.17. The van der Waals surface area contributed by atoms with Gasteiger partial charge >= 0.3 is 0 Å². The Morgan fingerprint density at radius 1 is 0.879 bits per heavy atom. The maximum absolute atomic E-state index is 13.1. The average Bonchev–Trinajstić information content (AvgIpc) is 3.31. The SMILES string of the molecule is O=C(CSc1nc2ccccc2s1)N1CCC(C(=O)N2CCN(c3ccccc3)CC2)CC1. The molecule has 6 nitrogen and oxygen atoms in total. The zero-order valence-electron chi connectivity index (χ0n) is 18.6. The number of carbonyl (C=O) groups excluding carboxylic acids is 2. The molecule has 172 valence electrons. The van der Waals surface area contributed by atoms with Gasteiger partial charge < -0.3 is 14.7 Å². The van der Waals surface area contributed by atoms with Crippen molar-refractivity contribution in [2.75, 3.05) is 49.9 Å². The minimum Gasteiger partial charge on any atom is -0.368 e. The third-order valence-corrected chi connectivity index (χ3v) is 8.67. The van der Waals surface area contributed by atoms with E-state index in [-0.39, 0.29) is 17.7 Å². The van der Waals surface area contributed by atoms with Gasteiger partial charge in [-0.25, -0.2) is 4.98 Å². The van der Waals surface area contributed by atoms with E-state index in [1.165, 1.54) is 17.4 Å². The molecule has 2 fully saturated rings. The lowest BCUT2D eigenvalue weighted by Gasteiger charge is -2.39. The number of para-hydroxylation sites is 2. The number of nitrogens with zero attached hydrogens (tertiary/aromatic N) is 4. The number of thiazole rings is 1. The summed E-state index contributed by atoms with van der Waals surface area (Å²) in [6, 6.07) is 18.4. The Morgan fingerprint density at radius 3 is 2.30 bits per heavy atom. The summed E-state index contributed by atoms with van der Waals surface area (Å²) in [4.78, 5) is 36.7. The van der Waals surface area contributed by atoms with Crippen LogP contribution in [0.1, 0.15) is 12.8 Å². The van der Waals surface area contributed by atoms with E-state index in [0.717, 1.165) is 53.6 Å². The van der Waals surface area contributed by atoms with E-state index in [4.69, 9.17) is 0 Å². The number of anilines is 1. The fourth-order valence-corrected chi connectivity index (χ4v) is 6.56. The van der Waals surface area contributed by atoms with Gasteiger partial charge in [0, 0.05) is 50.9 Å². The number of piperidine rings is 1. The van der Waals surface area contributed by atoms with Gasteiger partial charge in [0.25, 0.3) is 0 Å². The molecule has 3 heterocycles. The molecule has 5 rings (SSSR count). The van der Waals surface area contributed by atoms with Crippen LogP contribution in [0.4, 0.5) is 5.69 Å². The molecule has 0 aliphatic carbocycles. The quantitative estimate of drug-likeness (QED) is 0.517. The van der Waals surface area contributed by atoms with Gasteiger partial charge in [-0.1, -0.05) is 42.1 Å². The Morgan fingerprint density at radius 2 is 1.58 bits per heavy atom. The standard InChI is InChI=1S/C25H28N4O2S2/c30-23(18-32-25-26-21-8-4-5-9-22(21)33-25)28-12-10-19(11-13-28)24(31)29-16-14-27(15-17-29)20-6-2-1-3-7-20/h1-9,19H,10-18H2. The summed E-state index contributed by atoms with van der Waals surface area (Å²) in [7, 11) is 0. The number of likely N-dealkylation sites (tertiary alicyclic amines) is 1. The van der Waals surface area contributed by atoms with Crippen LogP contribution in [-0.2, 0) is 9.59 Å². The molecular formula is C25H28N4O2S2. The first kappa shape index (κ1) is 22.2. The van der Waals surface area contributed by atoms with Crippen LogP contribution in [-0.4, -0.2) is 71.6 Å². The van der Waals surface area contributed by atoms with Crippen LogP contribution in [0.2, 0.25) is 0 Å². The van der Waals surface area contributed by atoms with Crippen molar-refractivity contribution < 1.29 is 9.59 Å². The van der Waals surface area contributed by atoms with Crippen LogP contribution in [0.15, 0.2) is 58.9 Å². The van der Waals surface area contributed by atoms with Gasteiger partial charge in [-0.3, -0.25) is 9.59 Å². The predicted octanol–water partition coefficient (Wildman–Crippen LogP) is 3.98. The number of amides is 2. The summed E-state index contributed by atoms with van der Waals surface area (Å²) in [5, 5.41) is 0. The molecule has 2 saturated heterocycles. The van der Waals surface area contributed by atoms with E-state index < -0.39 is 0 Å². The molecule has 2 amide bonds. The highest BCUT2D eigenvalue weighted by Gasteiger charge is 2.31. The Balaban J connectivity index is 1.07. The smallest absolute Gasteiger partial charge is 0.233 e. The molecule has 3 aromatic rings. The second-order valence-electron chi connectivity index (χ2n) is 8.54. The van der Waals surface area contributed by atoms with E-state index in [9.17, 15) is 9.59 Å². The van der Waals surface area contributed by atoms with Crippen molar-refractivity contribution in [3.63, 3.8) is 0 Å². The fraction of sp³-hybridized carbons (Fsp3) is 0.400. The van der Waals surface area contributed by atoms with Crippen LogP contribution >= 0.6 is 23.1 Å². The topological polar surface area (TPSA) is 56.8 Å². The molecule has 0 radical (unpaired) electrons. The van der Waals surface area contributed by atoms with Crippen LogP contribution in [0.25, 0.3) is 10.2 Å². The lowest BCUT2D eigenvalue weighted by molar-refractivity contribution is -0.140. The fourth-order valence-electron chi connectivity index (χ4n) is 4.59. The summed E-state index contributed by atoms with van der Waals surface area (Å²) >= 11 is 3.14. The number of carbonyl (C=O) groups is 2. The molecule has 0 bridgehead atoms. The van der Waals surface area contributed by atoms with Gasteiger partial charge in [-0.2, -0.15) is 0 Å². The third-order valence-electron chi connectivity index (χ3n) is 6.50. The highest BCUT2D eigenvalue weighted by molar-refractivity contribution is 8.01. The summed E-state index contributed by atoms with van der Waals surface area (Å²) in [5.74, 6) is 0.842. The Hall–Kier alpha value is -2.58. The van der Waals surface area contributed by atoms with E-state index in [0.29, 0.717) is 18.8 Å². The zero-order chi connectivity index (χ0) is 22.6. The van der Waals surface area contributed by atoms with Crippen LogP contribution in [0.5, 0.6) is 0 Å². The molecule has 2 aliphatic rings. The summed E-state index contributed by atoms with van der Waals surface area (Å²) < 4.78 is 2.08. The first-order valence-corrected chi connectivity index (χ1v) is 13.3. The summed E-state index contributed by atoms with van der Waals surface area (Å²) in [5.41, 5.74) is 2.21. The molecule has 0 unspecified atom stereocenters. The van der Waals surface area contributed by atoms with Gasteiger partial charge in [-0.15, -0.1) is 11.3 Å². The first-order valence-electron chi connectivity index (χ1n) is 11.5. The number of hydrogen-bond donors (Lipinski definition) is 0. The largest absolute Gasteiger partial charge is 0.368 e. The summed E-state index contributed by atoms with van der Waals surface area (Å²) in [6.07, 6.45) is 1.52. The van der Waals surface area contributed by atoms with Crippen LogP contribution < -0.4 is 4.90 Å². The number of benzene rings is 2. The van der Waals surface area contributed by atoms with E-state index in [1.807, 2.05) is 34.1 Å². The second-order valence-corrected chi connectivity index (χ2v) is 10.8. The van der Waals surface area contributed by atoms with Crippen LogP contribution in [0, 0.1) is 5.92 Å². The summed E-state index contributed by atoms with van der Waals surface area (Å²) in [6.45, 7) is 4.61. The van der Waals surface area contributed by atoms with Gasteiger partial charge in [0.2, 0.25) is 11.8 Å². The first-order chi connectivity index (χ1) is 16.2. The lowest BCUT2D eigenvalue weighted by Crippen LogP contribution is -2.52. The van der Waals surface area contributed by atoms with Crippen molar-refractivity contribution in [1.82, 2.24) is 14.8 Å². The predicted molar refractivity (Wildman–Crippen MR) is 135 cm³/mol. The molecule has 0 saturated carbocycles. The maximum Gasteiger partial charge on any atom is 0.233 e. The monoisotopic (exact) mass is 480 g/mol. The van der Waals surface area contributed by atoms with Crippen molar-refractivity contribution in [3.8, 4) is 0 Å². The van der Waals surface area contributed by atoms with Crippen molar-refractivity contribution in [3.05, 3.63) is 54.6 Å². The van der Waals surface area contributed by atoms with Crippen LogP contribution in [0.3, 0.4) is 0 Å². The van der Waals surface area contributed by atoms with Crippen molar-refractivity contribution in [2.24, 2.45) is 5.92 Å². The van der Waals surface area contributed by atoms with Crippen molar-refractivity contribution in [2.45, 2.75) is 17.2 Å². The van der Waals surface area contributed by atoms with Crippen molar-refractivity contribution >= 4 is 50.8 Å². The van der Waals surface area contributed by atoms with E-state index in [2.05, 4.69) is 40.2 Å². The molecule has 8 heteroatoms. The van der Waals surface area contributed by atoms with E-state index >= 15 is 0 Å². The van der Waals surface area contributed by atoms with Gasteiger partial charge in [-0.05, 0) is 37.1 Å². The number of rotatable bonds is 5. The molecular weight excluding hydrogens is 452 g/mol. The number of piperazine rings is 1. The van der Waals surface area contributed by atoms with Crippen molar-refractivity contribution in [1.29, 1.82) is 0 Å². The molecule has 2 aromatic carbocycles. The molecule has 0 spiro atoms. The number of aromatic nitrogens is 1. The maximum atomic E-state index is 13.1. The minimum atomic E-state index is 0.0363. The Bertz CT molecular complexity index is 1070. The number of fused-ring (bicyclic) bond motifs is 1. The Kier molecular flexibility index (Phi) is 6.83. The number of thioether (sulfide) groups is 1. The lowest BCUT2D eigenvalue weighted by atomic mass is 9.95. The van der Waals surface area contributed by atoms with Gasteiger partial charge in [0.15, 0.2) is 4.34 Å². The molecule has 1 aromatic heterocycles. The van der Waals surface area contributed by atoms with E-state index in [1.54, 1.807) is 11.3 Å². The normalized spacial score (nSPS) is 17.5. The molecule has 0 atom stereocenters. The minimum absolute atomic E-state index is 0.0363. The molecule has 2 aliphatic heterocycles. The second kappa shape index (κ2) is 10.1. The van der Waals surface area contributed by atoms with Gasteiger partial charge in [0.1, 0.15) is 0 Å². The average molecular weight is 481 g/mol. The zero-order valence-corrected chi connectivity index (χ0v) is 20.2. The highest BCUT2D eigenvalue weighted by Crippen LogP contribution is 2.30. The Labute approximate surface area is 202 Å². The van der Waals surface area contributed by atoms with Gasteiger partial charge in [0.05, 0.1) is 16.0 Å².